The van der Waals surface area contributed by atoms with E-state index in [9.17, 15) is 13.6 Å². The number of piperidine rings is 1. The number of amides is 1. The van der Waals surface area contributed by atoms with E-state index in [-0.39, 0.29) is 23.3 Å². The van der Waals surface area contributed by atoms with Gasteiger partial charge < -0.3 is 16.0 Å². The molecule has 0 aromatic heterocycles. The van der Waals surface area contributed by atoms with E-state index in [0.29, 0.717) is 19.4 Å². The first-order valence-corrected chi connectivity index (χ1v) is 5.72. The van der Waals surface area contributed by atoms with Crippen molar-refractivity contribution in [1.29, 1.82) is 0 Å². The topological polar surface area (TPSA) is 58.4 Å². The summed E-state index contributed by atoms with van der Waals surface area (Å²) < 4.78 is 27.2. The molecular formula is C12H15F2N3O. The molecule has 2 rings (SSSR count). The molecule has 1 amide bonds. The molecule has 0 aliphatic carbocycles. The molecular weight excluding hydrogens is 240 g/mol. The zero-order chi connectivity index (χ0) is 13.3. The van der Waals surface area contributed by atoms with Crippen molar-refractivity contribution >= 4 is 17.3 Å². The molecule has 0 radical (unpaired) electrons. The summed E-state index contributed by atoms with van der Waals surface area (Å²) in [5.41, 5.74) is 5.21. The average molecular weight is 255 g/mol. The Morgan fingerprint density at radius 2 is 2.00 bits per heavy atom. The Labute approximate surface area is 104 Å². The molecule has 1 aromatic rings. The number of likely N-dealkylation sites (N-methyl/N-ethyl adjacent to an activating group) is 1. The smallest absolute Gasteiger partial charge is 0.222 e. The normalized spacial score (nSPS) is 20.1. The number of nitrogens with zero attached hydrogens (tertiary/aromatic N) is 1. The van der Waals surface area contributed by atoms with Crippen LogP contribution in [-0.2, 0) is 4.79 Å². The first kappa shape index (κ1) is 12.6. The first-order valence-electron chi connectivity index (χ1n) is 5.72. The van der Waals surface area contributed by atoms with Gasteiger partial charge in [0.1, 0.15) is 5.69 Å². The highest BCUT2D eigenvalue weighted by Crippen LogP contribution is 2.24. The van der Waals surface area contributed by atoms with E-state index >= 15 is 0 Å². The molecule has 1 unspecified atom stereocenters. The Bertz CT molecular complexity index is 455. The summed E-state index contributed by atoms with van der Waals surface area (Å²) in [6, 6.07) is 1.99. The van der Waals surface area contributed by atoms with Crippen molar-refractivity contribution in [3.63, 3.8) is 0 Å². The Morgan fingerprint density at radius 3 is 2.56 bits per heavy atom. The lowest BCUT2D eigenvalue weighted by Gasteiger charge is -2.31. The molecule has 1 atom stereocenters. The minimum Gasteiger partial charge on any atom is -0.399 e. The van der Waals surface area contributed by atoms with E-state index in [0.717, 1.165) is 12.1 Å². The number of likely N-dealkylation sites (tertiary alicyclic amines) is 1. The van der Waals surface area contributed by atoms with Gasteiger partial charge in [0, 0.05) is 31.7 Å². The minimum absolute atomic E-state index is 0.0475. The van der Waals surface area contributed by atoms with Crippen LogP contribution in [0.15, 0.2) is 12.1 Å². The van der Waals surface area contributed by atoms with Crippen LogP contribution in [0.3, 0.4) is 0 Å². The molecule has 1 aliphatic heterocycles. The van der Waals surface area contributed by atoms with Gasteiger partial charge in [-0.25, -0.2) is 8.78 Å². The van der Waals surface area contributed by atoms with Gasteiger partial charge in [-0.15, -0.1) is 0 Å². The Kier molecular flexibility index (Phi) is 3.36. The summed E-state index contributed by atoms with van der Waals surface area (Å²) in [4.78, 5) is 12.9. The van der Waals surface area contributed by atoms with Crippen LogP contribution < -0.4 is 11.1 Å². The van der Waals surface area contributed by atoms with Gasteiger partial charge in [-0.3, -0.25) is 4.79 Å². The molecule has 0 bridgehead atoms. The predicted octanol–water partition coefficient (Wildman–Crippen LogP) is 1.58. The summed E-state index contributed by atoms with van der Waals surface area (Å²) in [7, 11) is 1.67. The third-order valence-electron chi connectivity index (χ3n) is 3.04. The van der Waals surface area contributed by atoms with Gasteiger partial charge in [-0.2, -0.15) is 0 Å². The second kappa shape index (κ2) is 4.80. The summed E-state index contributed by atoms with van der Waals surface area (Å²) in [5, 5.41) is 2.80. The molecule has 1 aromatic carbocycles. The molecule has 1 saturated heterocycles. The summed E-state index contributed by atoms with van der Waals surface area (Å²) in [6.45, 7) is 0.433. The number of nitrogens with one attached hydrogen (secondary N) is 1. The van der Waals surface area contributed by atoms with Gasteiger partial charge in [0.2, 0.25) is 5.91 Å². The largest absolute Gasteiger partial charge is 0.399 e. The number of halogens is 2. The lowest BCUT2D eigenvalue weighted by molar-refractivity contribution is -0.132. The van der Waals surface area contributed by atoms with E-state index in [1.165, 1.54) is 0 Å². The van der Waals surface area contributed by atoms with Crippen molar-refractivity contribution < 1.29 is 13.6 Å². The molecule has 4 nitrogen and oxygen atoms in total. The highest BCUT2D eigenvalue weighted by atomic mass is 19.1. The Balaban J connectivity index is 2.13. The van der Waals surface area contributed by atoms with Crippen LogP contribution in [0.2, 0.25) is 0 Å². The van der Waals surface area contributed by atoms with Crippen molar-refractivity contribution in [3.8, 4) is 0 Å². The predicted molar refractivity (Wildman–Crippen MR) is 65.1 cm³/mol. The number of carbonyl (C=O) groups excluding carboxylic acids is 1. The fourth-order valence-corrected chi connectivity index (χ4v) is 2.06. The summed E-state index contributed by atoms with van der Waals surface area (Å²) in [6.07, 6.45) is 0.943. The third-order valence-corrected chi connectivity index (χ3v) is 3.04. The highest BCUT2D eigenvalue weighted by molar-refractivity contribution is 5.77. The Hall–Kier alpha value is -1.85. The number of benzene rings is 1. The summed E-state index contributed by atoms with van der Waals surface area (Å²) in [5.74, 6) is -1.38. The van der Waals surface area contributed by atoms with Crippen LogP contribution in [0.5, 0.6) is 0 Å². The molecule has 0 spiro atoms. The molecule has 1 fully saturated rings. The fourth-order valence-electron chi connectivity index (χ4n) is 2.06. The van der Waals surface area contributed by atoms with E-state index < -0.39 is 11.6 Å². The van der Waals surface area contributed by atoms with Gasteiger partial charge in [0.05, 0.1) is 0 Å². The zero-order valence-corrected chi connectivity index (χ0v) is 10.0. The molecule has 1 aliphatic rings. The van der Waals surface area contributed by atoms with Crippen molar-refractivity contribution in [3.05, 3.63) is 23.8 Å². The van der Waals surface area contributed by atoms with Crippen LogP contribution in [0, 0.1) is 11.6 Å². The second-order valence-corrected chi connectivity index (χ2v) is 4.51. The number of nitrogens with two attached hydrogens (primary N) is 1. The van der Waals surface area contributed by atoms with E-state index in [4.69, 9.17) is 5.73 Å². The quantitative estimate of drug-likeness (QED) is 0.789. The average Bonchev–Trinajstić information content (AvgIpc) is 2.28. The molecule has 1 heterocycles. The number of rotatable bonds is 2. The molecule has 98 valence electrons. The van der Waals surface area contributed by atoms with Gasteiger partial charge in [-0.1, -0.05) is 0 Å². The number of anilines is 2. The van der Waals surface area contributed by atoms with Crippen LogP contribution >= 0.6 is 0 Å². The van der Waals surface area contributed by atoms with Crippen molar-refractivity contribution in [2.24, 2.45) is 0 Å². The Morgan fingerprint density at radius 1 is 1.39 bits per heavy atom. The maximum Gasteiger partial charge on any atom is 0.222 e. The zero-order valence-electron chi connectivity index (χ0n) is 10.0. The highest BCUT2D eigenvalue weighted by Gasteiger charge is 2.24. The minimum atomic E-state index is -0.716. The third kappa shape index (κ3) is 2.52. The van der Waals surface area contributed by atoms with Crippen LogP contribution in [0.4, 0.5) is 20.2 Å². The standard InChI is InChI=1S/C12H15F2N3O/c1-17-6-8(2-3-11(17)18)16-12-9(13)4-7(15)5-10(12)14/h4-5,8,16H,2-3,6,15H2,1H3. The second-order valence-electron chi connectivity index (χ2n) is 4.51. The SMILES string of the molecule is CN1CC(Nc2c(F)cc(N)cc2F)CCC1=O. The number of carbonyl (C=O) groups is 1. The van der Waals surface area contributed by atoms with Crippen molar-refractivity contribution in [2.75, 3.05) is 24.6 Å². The van der Waals surface area contributed by atoms with Crippen LogP contribution in [-0.4, -0.2) is 30.4 Å². The van der Waals surface area contributed by atoms with Gasteiger partial charge >= 0.3 is 0 Å². The maximum atomic E-state index is 13.6. The summed E-state index contributed by atoms with van der Waals surface area (Å²) >= 11 is 0. The monoisotopic (exact) mass is 255 g/mol. The number of nitrogen functional groups attached to an aromatic ring is 1. The lowest BCUT2D eigenvalue weighted by Crippen LogP contribution is -2.43. The van der Waals surface area contributed by atoms with Crippen LogP contribution in [0.25, 0.3) is 0 Å². The number of hydrogen-bond acceptors (Lipinski definition) is 3. The van der Waals surface area contributed by atoms with E-state index in [1.807, 2.05) is 0 Å². The molecule has 6 heteroatoms. The first-order chi connectivity index (χ1) is 8.47. The van der Waals surface area contributed by atoms with Crippen LogP contribution in [0.1, 0.15) is 12.8 Å². The number of hydrogen-bond donors (Lipinski definition) is 2. The molecule has 0 saturated carbocycles. The van der Waals surface area contributed by atoms with Crippen molar-refractivity contribution in [2.45, 2.75) is 18.9 Å². The molecule has 3 N–H and O–H groups in total. The van der Waals surface area contributed by atoms with Gasteiger partial charge in [0.25, 0.3) is 0 Å². The maximum absolute atomic E-state index is 13.6. The van der Waals surface area contributed by atoms with E-state index in [1.54, 1.807) is 11.9 Å². The van der Waals surface area contributed by atoms with Gasteiger partial charge in [0.15, 0.2) is 11.6 Å². The van der Waals surface area contributed by atoms with Crippen molar-refractivity contribution in [1.82, 2.24) is 4.90 Å². The lowest BCUT2D eigenvalue weighted by atomic mass is 10.1. The fraction of sp³-hybridized carbons (Fsp3) is 0.417. The molecule has 18 heavy (non-hydrogen) atoms. The van der Waals surface area contributed by atoms with Gasteiger partial charge in [-0.05, 0) is 18.6 Å². The van der Waals surface area contributed by atoms with E-state index in [2.05, 4.69) is 5.32 Å².